The van der Waals surface area contributed by atoms with Crippen LogP contribution in [-0.2, 0) is 16.4 Å². The number of rotatable bonds is 3. The van der Waals surface area contributed by atoms with Crippen LogP contribution >= 0.6 is 23.3 Å². The summed E-state index contributed by atoms with van der Waals surface area (Å²) in [5.74, 6) is 0. The lowest BCUT2D eigenvalue weighted by Crippen LogP contribution is -2.40. The number of hydrogen-bond acceptors (Lipinski definition) is 5. The molecule has 3 heterocycles. The van der Waals surface area contributed by atoms with Crippen LogP contribution in [0.2, 0.25) is 5.02 Å². The fourth-order valence-corrected chi connectivity index (χ4v) is 7.21. The first-order valence-corrected chi connectivity index (χ1v) is 13.1. The van der Waals surface area contributed by atoms with E-state index < -0.39 is 16.1 Å². The van der Waals surface area contributed by atoms with Crippen molar-refractivity contribution in [3.8, 4) is 0 Å². The Hall–Kier alpha value is -2.78. The van der Waals surface area contributed by atoms with Crippen molar-refractivity contribution in [2.24, 2.45) is 0 Å². The third-order valence-electron chi connectivity index (χ3n) is 6.27. The summed E-state index contributed by atoms with van der Waals surface area (Å²) in [5.41, 5.74) is 5.97. The van der Waals surface area contributed by atoms with E-state index in [0.29, 0.717) is 29.0 Å². The van der Waals surface area contributed by atoms with E-state index in [9.17, 15) is 8.42 Å². The van der Waals surface area contributed by atoms with Crippen molar-refractivity contribution in [1.29, 1.82) is 0 Å². The average molecular weight is 495 g/mol. The first-order chi connectivity index (χ1) is 15.9. The first-order valence-electron chi connectivity index (χ1n) is 10.5. The van der Waals surface area contributed by atoms with Gasteiger partial charge >= 0.3 is 0 Å². The van der Waals surface area contributed by atoms with Gasteiger partial charge in [-0.15, -0.1) is 0 Å². The number of hydrogen-bond donors (Lipinski definition) is 1. The molecule has 0 bridgehead atoms. The zero-order valence-electron chi connectivity index (χ0n) is 17.6. The Kier molecular flexibility index (Phi) is 4.81. The van der Waals surface area contributed by atoms with Gasteiger partial charge < -0.3 is 4.98 Å². The lowest BCUT2D eigenvalue weighted by Gasteiger charge is -2.35. The SMILES string of the molecule is Cc1ccc(C2c3[nH]c4ccc(Cl)cc4c3CCN2S(=O)(=O)c2cccc3nsnc23)cc1. The zero-order chi connectivity index (χ0) is 22.7. The minimum absolute atomic E-state index is 0.188. The summed E-state index contributed by atoms with van der Waals surface area (Å²) in [6, 6.07) is 18.4. The number of halogens is 1. The molecular weight excluding hydrogens is 476 g/mol. The molecule has 2 aromatic heterocycles. The van der Waals surface area contributed by atoms with Crippen molar-refractivity contribution in [2.45, 2.75) is 24.3 Å². The van der Waals surface area contributed by atoms with Crippen LogP contribution in [-0.4, -0.2) is 33.0 Å². The van der Waals surface area contributed by atoms with Crippen LogP contribution in [0, 0.1) is 6.92 Å². The highest BCUT2D eigenvalue weighted by atomic mass is 35.5. The van der Waals surface area contributed by atoms with Gasteiger partial charge in [0.2, 0.25) is 10.0 Å². The van der Waals surface area contributed by atoms with E-state index in [1.165, 1.54) is 0 Å². The fraction of sp³-hybridized carbons (Fsp3) is 0.167. The molecule has 1 unspecified atom stereocenters. The molecule has 6 rings (SSSR count). The van der Waals surface area contributed by atoms with Crippen LogP contribution in [0.5, 0.6) is 0 Å². The largest absolute Gasteiger partial charge is 0.357 e. The molecule has 0 aliphatic carbocycles. The number of nitrogens with one attached hydrogen (secondary N) is 1. The Morgan fingerprint density at radius 1 is 1.09 bits per heavy atom. The minimum atomic E-state index is -3.86. The van der Waals surface area contributed by atoms with Crippen molar-refractivity contribution in [3.63, 3.8) is 0 Å². The topological polar surface area (TPSA) is 79.0 Å². The predicted molar refractivity (Wildman–Crippen MR) is 131 cm³/mol. The highest BCUT2D eigenvalue weighted by molar-refractivity contribution is 7.89. The summed E-state index contributed by atoms with van der Waals surface area (Å²) in [7, 11) is -3.86. The summed E-state index contributed by atoms with van der Waals surface area (Å²) < 4.78 is 38.2. The van der Waals surface area contributed by atoms with Gasteiger partial charge in [0.15, 0.2) is 0 Å². The maximum absolute atomic E-state index is 14.1. The van der Waals surface area contributed by atoms with Crippen molar-refractivity contribution >= 4 is 55.3 Å². The third-order valence-corrected chi connectivity index (χ3v) is 8.95. The molecule has 6 nitrogen and oxygen atoms in total. The van der Waals surface area contributed by atoms with Crippen LogP contribution in [0.15, 0.2) is 65.6 Å². The van der Waals surface area contributed by atoms with Crippen molar-refractivity contribution in [1.82, 2.24) is 18.0 Å². The molecule has 0 radical (unpaired) electrons. The van der Waals surface area contributed by atoms with Crippen LogP contribution in [0.1, 0.15) is 28.4 Å². The van der Waals surface area contributed by atoms with E-state index in [1.807, 2.05) is 49.4 Å². The molecule has 166 valence electrons. The van der Waals surface area contributed by atoms with E-state index in [2.05, 4.69) is 13.7 Å². The predicted octanol–water partition coefficient (Wildman–Crippen LogP) is 5.47. The maximum atomic E-state index is 14.1. The molecule has 1 atom stereocenters. The smallest absolute Gasteiger partial charge is 0.246 e. The maximum Gasteiger partial charge on any atom is 0.246 e. The highest BCUT2D eigenvalue weighted by Gasteiger charge is 2.40. The van der Waals surface area contributed by atoms with Crippen molar-refractivity contribution in [2.75, 3.05) is 6.54 Å². The second-order valence-corrected chi connectivity index (χ2v) is 11.1. The van der Waals surface area contributed by atoms with Gasteiger partial charge in [-0.05, 0) is 54.8 Å². The van der Waals surface area contributed by atoms with Gasteiger partial charge in [-0.1, -0.05) is 47.5 Å². The number of nitrogens with zero attached hydrogens (tertiary/aromatic N) is 3. The third kappa shape index (κ3) is 3.28. The normalized spacial score (nSPS) is 17.0. The van der Waals surface area contributed by atoms with Crippen molar-refractivity contribution in [3.05, 3.63) is 88.1 Å². The number of benzene rings is 3. The van der Waals surface area contributed by atoms with E-state index in [4.69, 9.17) is 11.6 Å². The number of sulfonamides is 1. The molecule has 0 spiro atoms. The van der Waals surface area contributed by atoms with E-state index in [1.54, 1.807) is 22.5 Å². The highest BCUT2D eigenvalue weighted by Crippen LogP contribution is 2.42. The average Bonchev–Trinajstić information content (AvgIpc) is 3.43. The summed E-state index contributed by atoms with van der Waals surface area (Å²) in [4.78, 5) is 3.69. The molecular formula is C24H19ClN4O2S2. The van der Waals surface area contributed by atoms with Crippen LogP contribution in [0.4, 0.5) is 0 Å². The molecule has 1 aliphatic heterocycles. The van der Waals surface area contributed by atoms with Gasteiger partial charge in [0, 0.05) is 28.2 Å². The van der Waals surface area contributed by atoms with Crippen LogP contribution in [0.3, 0.4) is 0 Å². The molecule has 1 aliphatic rings. The number of aromatic nitrogens is 3. The Labute approximate surface area is 200 Å². The summed E-state index contributed by atoms with van der Waals surface area (Å²) in [6.45, 7) is 2.37. The Balaban J connectivity index is 1.58. The van der Waals surface area contributed by atoms with E-state index in [0.717, 1.165) is 45.0 Å². The first kappa shape index (κ1) is 20.8. The Bertz CT molecular complexity index is 1620. The summed E-state index contributed by atoms with van der Waals surface area (Å²) in [5, 5.41) is 1.70. The monoisotopic (exact) mass is 494 g/mol. The molecule has 0 saturated carbocycles. The Morgan fingerprint density at radius 2 is 1.91 bits per heavy atom. The zero-order valence-corrected chi connectivity index (χ0v) is 20.0. The molecule has 3 aromatic carbocycles. The van der Waals surface area contributed by atoms with Crippen LogP contribution in [0.25, 0.3) is 21.9 Å². The molecule has 33 heavy (non-hydrogen) atoms. The van der Waals surface area contributed by atoms with Gasteiger partial charge in [0.25, 0.3) is 0 Å². The van der Waals surface area contributed by atoms with Gasteiger partial charge in [-0.25, -0.2) is 8.42 Å². The van der Waals surface area contributed by atoms with Gasteiger partial charge in [-0.3, -0.25) is 0 Å². The standard InChI is InChI=1S/C24H19ClN4O2S2/c1-14-5-7-15(8-6-14)24-22-17(18-13-16(25)9-10-19(18)26-22)11-12-29(24)33(30,31)21-4-2-3-20-23(21)28-32-27-20/h2-10,13,24,26H,11-12H2,1H3. The molecule has 5 aromatic rings. The fourth-order valence-electron chi connectivity index (χ4n) is 4.70. The molecule has 0 amide bonds. The van der Waals surface area contributed by atoms with E-state index >= 15 is 0 Å². The number of aryl methyl sites for hydroxylation is 1. The number of fused-ring (bicyclic) bond motifs is 4. The lowest BCUT2D eigenvalue weighted by molar-refractivity contribution is 0.341. The Morgan fingerprint density at radius 3 is 2.73 bits per heavy atom. The van der Waals surface area contributed by atoms with Gasteiger partial charge in [-0.2, -0.15) is 13.1 Å². The quantitative estimate of drug-likeness (QED) is 0.360. The molecule has 9 heteroatoms. The van der Waals surface area contributed by atoms with Crippen molar-refractivity contribution < 1.29 is 8.42 Å². The molecule has 1 N–H and O–H groups in total. The van der Waals surface area contributed by atoms with Gasteiger partial charge in [0.05, 0.1) is 17.8 Å². The van der Waals surface area contributed by atoms with Gasteiger partial charge in [0.1, 0.15) is 15.9 Å². The second-order valence-electron chi connectivity index (χ2n) is 8.27. The summed E-state index contributed by atoms with van der Waals surface area (Å²) >= 11 is 7.30. The molecule has 0 saturated heterocycles. The minimum Gasteiger partial charge on any atom is -0.357 e. The molecule has 0 fully saturated rings. The lowest BCUT2D eigenvalue weighted by atomic mass is 9.94. The second kappa shape index (κ2) is 7.63. The van der Waals surface area contributed by atoms with Crippen LogP contribution < -0.4 is 0 Å². The number of H-pyrrole nitrogens is 1. The summed E-state index contributed by atoms with van der Waals surface area (Å²) in [6.07, 6.45) is 0.586. The number of aromatic amines is 1. The van der Waals surface area contributed by atoms with E-state index in [-0.39, 0.29) is 4.90 Å².